The average molecular weight is 252 g/mol. The molecule has 0 aliphatic rings. The van der Waals surface area contributed by atoms with Gasteiger partial charge in [-0.15, -0.1) is 0 Å². The Kier molecular flexibility index (Phi) is 3.75. The molecule has 1 heterocycles. The van der Waals surface area contributed by atoms with Crippen molar-refractivity contribution in [1.82, 2.24) is 5.32 Å². The lowest BCUT2D eigenvalue weighted by molar-refractivity contribution is 0.607. The van der Waals surface area contributed by atoms with Gasteiger partial charge < -0.3 is 9.73 Å². The molecule has 0 spiro atoms. The maximum atomic E-state index is 6.29. The standard InChI is InChI=1S/C14H18ClNO/c1-4-16-6-5-11-8-17-12-7-9(2)14(15)10(3)13(11)12/h7-8,16H,4-6H2,1-3H3. The highest BCUT2D eigenvalue weighted by Gasteiger charge is 2.12. The number of rotatable bonds is 4. The summed E-state index contributed by atoms with van der Waals surface area (Å²) in [5.74, 6) is 0. The molecule has 0 amide bonds. The van der Waals surface area contributed by atoms with E-state index in [1.165, 1.54) is 10.9 Å². The molecule has 1 N–H and O–H groups in total. The Bertz CT molecular complexity index is 530. The van der Waals surface area contributed by atoms with E-state index in [-0.39, 0.29) is 0 Å². The van der Waals surface area contributed by atoms with Crippen LogP contribution in [0.2, 0.25) is 5.02 Å². The van der Waals surface area contributed by atoms with Crippen LogP contribution in [0, 0.1) is 13.8 Å². The Balaban J connectivity index is 2.41. The van der Waals surface area contributed by atoms with Gasteiger partial charge in [-0.1, -0.05) is 18.5 Å². The van der Waals surface area contributed by atoms with Crippen molar-refractivity contribution in [2.75, 3.05) is 13.1 Å². The third-order valence-corrected chi connectivity index (χ3v) is 3.70. The second-order valence-corrected chi connectivity index (χ2v) is 4.75. The van der Waals surface area contributed by atoms with Crippen molar-refractivity contribution >= 4 is 22.6 Å². The summed E-state index contributed by atoms with van der Waals surface area (Å²) in [7, 11) is 0. The van der Waals surface area contributed by atoms with Crippen LogP contribution in [-0.4, -0.2) is 13.1 Å². The molecular formula is C14H18ClNO. The van der Waals surface area contributed by atoms with Crippen LogP contribution in [0.15, 0.2) is 16.7 Å². The summed E-state index contributed by atoms with van der Waals surface area (Å²) in [5, 5.41) is 5.35. The quantitative estimate of drug-likeness (QED) is 0.835. The number of furan rings is 1. The van der Waals surface area contributed by atoms with Crippen molar-refractivity contribution < 1.29 is 4.42 Å². The number of halogens is 1. The summed E-state index contributed by atoms with van der Waals surface area (Å²) in [6.45, 7) is 8.14. The van der Waals surface area contributed by atoms with Crippen LogP contribution in [0.1, 0.15) is 23.6 Å². The molecule has 0 fully saturated rings. The second kappa shape index (κ2) is 5.11. The molecule has 2 aromatic rings. The molecule has 0 aliphatic carbocycles. The summed E-state index contributed by atoms with van der Waals surface area (Å²) in [6, 6.07) is 2.02. The van der Waals surface area contributed by atoms with E-state index < -0.39 is 0 Å². The summed E-state index contributed by atoms with van der Waals surface area (Å²) in [4.78, 5) is 0. The van der Waals surface area contributed by atoms with Gasteiger partial charge in [0.1, 0.15) is 5.58 Å². The number of fused-ring (bicyclic) bond motifs is 1. The highest BCUT2D eigenvalue weighted by Crippen LogP contribution is 2.32. The van der Waals surface area contributed by atoms with Gasteiger partial charge >= 0.3 is 0 Å². The minimum absolute atomic E-state index is 0.851. The van der Waals surface area contributed by atoms with Gasteiger partial charge in [0.2, 0.25) is 0 Å². The molecule has 0 radical (unpaired) electrons. The Morgan fingerprint density at radius 1 is 1.35 bits per heavy atom. The van der Waals surface area contributed by atoms with Crippen LogP contribution < -0.4 is 5.32 Å². The SMILES string of the molecule is CCNCCc1coc2cc(C)c(Cl)c(C)c12. The Hall–Kier alpha value is -0.990. The number of hydrogen-bond acceptors (Lipinski definition) is 2. The predicted molar refractivity (Wildman–Crippen MR) is 72.9 cm³/mol. The van der Waals surface area contributed by atoms with E-state index in [0.29, 0.717) is 0 Å². The smallest absolute Gasteiger partial charge is 0.134 e. The molecule has 0 saturated carbocycles. The summed E-state index contributed by atoms with van der Waals surface area (Å²) >= 11 is 6.29. The third-order valence-electron chi connectivity index (χ3n) is 3.11. The minimum atomic E-state index is 0.851. The lowest BCUT2D eigenvalue weighted by atomic mass is 10.0. The average Bonchev–Trinajstić information content (AvgIpc) is 2.70. The molecule has 3 heteroatoms. The topological polar surface area (TPSA) is 25.2 Å². The zero-order valence-corrected chi connectivity index (χ0v) is 11.3. The first-order valence-electron chi connectivity index (χ1n) is 6.01. The van der Waals surface area contributed by atoms with Gasteiger partial charge in [-0.25, -0.2) is 0 Å². The first-order chi connectivity index (χ1) is 8.15. The number of benzene rings is 1. The fraction of sp³-hybridized carbons (Fsp3) is 0.429. The molecule has 1 aromatic carbocycles. The molecule has 0 bridgehead atoms. The van der Waals surface area contributed by atoms with Crippen LogP contribution in [0.4, 0.5) is 0 Å². The molecule has 1 aromatic heterocycles. The first-order valence-corrected chi connectivity index (χ1v) is 6.39. The number of likely N-dealkylation sites (N-methyl/N-ethyl adjacent to an activating group) is 1. The minimum Gasteiger partial charge on any atom is -0.464 e. The van der Waals surface area contributed by atoms with Crippen LogP contribution in [0.3, 0.4) is 0 Å². The zero-order chi connectivity index (χ0) is 12.4. The van der Waals surface area contributed by atoms with Crippen molar-refractivity contribution in [2.24, 2.45) is 0 Å². The normalized spacial score (nSPS) is 11.3. The van der Waals surface area contributed by atoms with Gasteiger partial charge in [0.25, 0.3) is 0 Å². The Morgan fingerprint density at radius 2 is 2.12 bits per heavy atom. The number of aryl methyl sites for hydroxylation is 2. The highest BCUT2D eigenvalue weighted by molar-refractivity contribution is 6.33. The van der Waals surface area contributed by atoms with Gasteiger partial charge in [-0.3, -0.25) is 0 Å². The molecular weight excluding hydrogens is 234 g/mol. The first kappa shape index (κ1) is 12.5. The van der Waals surface area contributed by atoms with Crippen LogP contribution >= 0.6 is 11.6 Å². The van der Waals surface area contributed by atoms with Gasteiger partial charge in [0, 0.05) is 10.4 Å². The lowest BCUT2D eigenvalue weighted by Gasteiger charge is -2.06. The van der Waals surface area contributed by atoms with E-state index in [0.717, 1.165) is 41.2 Å². The summed E-state index contributed by atoms with van der Waals surface area (Å²) in [6.07, 6.45) is 2.83. The van der Waals surface area contributed by atoms with Gasteiger partial charge in [-0.2, -0.15) is 0 Å². The molecule has 92 valence electrons. The zero-order valence-electron chi connectivity index (χ0n) is 10.6. The van der Waals surface area contributed by atoms with E-state index in [1.807, 2.05) is 19.3 Å². The van der Waals surface area contributed by atoms with Crippen LogP contribution in [-0.2, 0) is 6.42 Å². The largest absolute Gasteiger partial charge is 0.464 e. The van der Waals surface area contributed by atoms with Crippen molar-refractivity contribution in [3.05, 3.63) is 34.0 Å². The number of nitrogens with one attached hydrogen (secondary N) is 1. The lowest BCUT2D eigenvalue weighted by Crippen LogP contribution is -2.15. The van der Waals surface area contributed by atoms with Crippen molar-refractivity contribution in [1.29, 1.82) is 0 Å². The fourth-order valence-electron chi connectivity index (χ4n) is 2.19. The fourth-order valence-corrected chi connectivity index (χ4v) is 2.34. The maximum absolute atomic E-state index is 6.29. The Labute approximate surface area is 107 Å². The monoisotopic (exact) mass is 251 g/mol. The Morgan fingerprint density at radius 3 is 2.82 bits per heavy atom. The van der Waals surface area contributed by atoms with E-state index in [2.05, 4.69) is 19.2 Å². The van der Waals surface area contributed by atoms with Gasteiger partial charge in [-0.05, 0) is 56.1 Å². The molecule has 0 saturated heterocycles. The van der Waals surface area contributed by atoms with Crippen molar-refractivity contribution in [3.8, 4) is 0 Å². The predicted octanol–water partition coefficient (Wildman–Crippen LogP) is 3.86. The van der Waals surface area contributed by atoms with Gasteiger partial charge in [0.15, 0.2) is 0 Å². The maximum Gasteiger partial charge on any atom is 0.134 e. The van der Waals surface area contributed by atoms with E-state index in [1.54, 1.807) is 0 Å². The molecule has 0 atom stereocenters. The van der Waals surface area contributed by atoms with Crippen molar-refractivity contribution in [3.63, 3.8) is 0 Å². The molecule has 0 unspecified atom stereocenters. The summed E-state index contributed by atoms with van der Waals surface area (Å²) in [5.41, 5.74) is 4.38. The van der Waals surface area contributed by atoms with Crippen LogP contribution in [0.25, 0.3) is 11.0 Å². The van der Waals surface area contributed by atoms with Gasteiger partial charge in [0.05, 0.1) is 6.26 Å². The highest BCUT2D eigenvalue weighted by atomic mass is 35.5. The molecule has 2 nitrogen and oxygen atoms in total. The second-order valence-electron chi connectivity index (χ2n) is 4.37. The molecule has 0 aliphatic heterocycles. The van der Waals surface area contributed by atoms with Crippen molar-refractivity contribution in [2.45, 2.75) is 27.2 Å². The van der Waals surface area contributed by atoms with Crippen LogP contribution in [0.5, 0.6) is 0 Å². The molecule has 2 rings (SSSR count). The van der Waals surface area contributed by atoms with E-state index in [4.69, 9.17) is 16.0 Å². The molecule has 17 heavy (non-hydrogen) atoms. The van der Waals surface area contributed by atoms with E-state index >= 15 is 0 Å². The summed E-state index contributed by atoms with van der Waals surface area (Å²) < 4.78 is 5.61. The third kappa shape index (κ3) is 2.33. The van der Waals surface area contributed by atoms with E-state index in [9.17, 15) is 0 Å². The number of hydrogen-bond donors (Lipinski definition) is 1.